The molecular weight excluding hydrogens is 436 g/mol. The van der Waals surface area contributed by atoms with Crippen LogP contribution in [0.1, 0.15) is 24.2 Å². The molecule has 1 aliphatic rings. The zero-order valence-corrected chi connectivity index (χ0v) is 19.1. The second kappa shape index (κ2) is 10.5. The Morgan fingerprint density at radius 2 is 1.84 bits per heavy atom. The summed E-state index contributed by atoms with van der Waals surface area (Å²) in [6, 6.07) is 12.4. The van der Waals surface area contributed by atoms with Crippen molar-refractivity contribution >= 4 is 52.1 Å². The van der Waals surface area contributed by atoms with E-state index < -0.39 is 0 Å². The number of nitrogens with one attached hydrogen (secondary N) is 2. The monoisotopic (exact) mass is 460 g/mol. The van der Waals surface area contributed by atoms with Crippen molar-refractivity contribution in [2.75, 3.05) is 43.0 Å². The largest absolute Gasteiger partial charge is 0.494 e. The molecule has 1 heterocycles. The van der Waals surface area contributed by atoms with Crippen LogP contribution in [0, 0.1) is 0 Å². The Kier molecular flexibility index (Phi) is 7.70. The molecular formula is C22H25ClN4O3S. The number of carbonyl (C=O) groups is 2. The third-order valence-electron chi connectivity index (χ3n) is 4.91. The molecule has 2 aromatic rings. The zero-order valence-electron chi connectivity index (χ0n) is 17.5. The lowest BCUT2D eigenvalue weighted by Crippen LogP contribution is -2.48. The van der Waals surface area contributed by atoms with Crippen LogP contribution in [0.2, 0.25) is 5.02 Å². The van der Waals surface area contributed by atoms with Crippen LogP contribution >= 0.6 is 23.8 Å². The van der Waals surface area contributed by atoms with Crippen molar-refractivity contribution in [1.29, 1.82) is 0 Å². The Hall–Kier alpha value is -2.84. The van der Waals surface area contributed by atoms with Crippen molar-refractivity contribution in [3.63, 3.8) is 0 Å². The van der Waals surface area contributed by atoms with E-state index in [1.165, 1.54) is 0 Å². The molecule has 2 aromatic carbocycles. The van der Waals surface area contributed by atoms with Gasteiger partial charge in [0.25, 0.3) is 5.91 Å². The van der Waals surface area contributed by atoms with Crippen LogP contribution in [0.25, 0.3) is 0 Å². The summed E-state index contributed by atoms with van der Waals surface area (Å²) in [5.41, 5.74) is 1.93. The molecule has 0 spiro atoms. The Labute approximate surface area is 192 Å². The van der Waals surface area contributed by atoms with Gasteiger partial charge in [-0.15, -0.1) is 0 Å². The molecule has 7 nitrogen and oxygen atoms in total. The second-order valence-corrected chi connectivity index (χ2v) is 7.81. The van der Waals surface area contributed by atoms with E-state index in [1.54, 1.807) is 37.3 Å². The molecule has 0 bridgehead atoms. The van der Waals surface area contributed by atoms with Gasteiger partial charge in [-0.25, -0.2) is 0 Å². The van der Waals surface area contributed by atoms with E-state index in [2.05, 4.69) is 15.5 Å². The van der Waals surface area contributed by atoms with Gasteiger partial charge < -0.3 is 19.9 Å². The molecule has 0 unspecified atom stereocenters. The van der Waals surface area contributed by atoms with Crippen molar-refractivity contribution in [2.24, 2.45) is 0 Å². The first-order valence-corrected chi connectivity index (χ1v) is 10.8. The molecule has 1 fully saturated rings. The average molecular weight is 461 g/mol. The number of ether oxygens (including phenoxy) is 1. The summed E-state index contributed by atoms with van der Waals surface area (Å²) in [4.78, 5) is 28.1. The van der Waals surface area contributed by atoms with Gasteiger partial charge in [0.1, 0.15) is 5.75 Å². The van der Waals surface area contributed by atoms with Crippen LogP contribution in [0.15, 0.2) is 42.5 Å². The lowest BCUT2D eigenvalue weighted by atomic mass is 10.2. The molecule has 0 atom stereocenters. The van der Waals surface area contributed by atoms with Gasteiger partial charge in [0, 0.05) is 38.7 Å². The third kappa shape index (κ3) is 5.86. The highest BCUT2D eigenvalue weighted by atomic mass is 35.5. The highest BCUT2D eigenvalue weighted by Crippen LogP contribution is 2.34. The number of amides is 2. The van der Waals surface area contributed by atoms with Crippen LogP contribution in [-0.2, 0) is 4.79 Å². The molecule has 164 valence electrons. The highest BCUT2D eigenvalue weighted by Gasteiger charge is 2.23. The van der Waals surface area contributed by atoms with E-state index in [9.17, 15) is 9.59 Å². The minimum atomic E-state index is -0.335. The van der Waals surface area contributed by atoms with Crippen LogP contribution in [-0.4, -0.2) is 54.6 Å². The Balaban J connectivity index is 1.69. The van der Waals surface area contributed by atoms with Gasteiger partial charge >= 0.3 is 0 Å². The van der Waals surface area contributed by atoms with E-state index >= 15 is 0 Å². The number of hydrogen-bond donors (Lipinski definition) is 2. The SMILES string of the molecule is CCOc1cccc(C(=O)NC(=S)Nc2cccc(Cl)c2N2CCN(C(C)=O)CC2)c1. The van der Waals surface area contributed by atoms with Crippen molar-refractivity contribution in [2.45, 2.75) is 13.8 Å². The summed E-state index contributed by atoms with van der Waals surface area (Å²) < 4.78 is 5.44. The number of benzene rings is 2. The maximum Gasteiger partial charge on any atom is 0.257 e. The normalized spacial score (nSPS) is 13.5. The maximum atomic E-state index is 12.6. The third-order valence-corrected chi connectivity index (χ3v) is 5.42. The molecule has 2 N–H and O–H groups in total. The van der Waals surface area contributed by atoms with Crippen molar-refractivity contribution in [3.8, 4) is 5.75 Å². The lowest BCUT2D eigenvalue weighted by Gasteiger charge is -2.37. The molecule has 3 rings (SSSR count). The summed E-state index contributed by atoms with van der Waals surface area (Å²) in [6.07, 6.45) is 0. The van der Waals surface area contributed by atoms with Crippen LogP contribution < -0.4 is 20.3 Å². The highest BCUT2D eigenvalue weighted by molar-refractivity contribution is 7.80. The fraction of sp³-hybridized carbons (Fsp3) is 0.318. The smallest absolute Gasteiger partial charge is 0.257 e. The van der Waals surface area contributed by atoms with Gasteiger partial charge in [-0.05, 0) is 49.5 Å². The molecule has 0 aliphatic carbocycles. The maximum absolute atomic E-state index is 12.6. The minimum Gasteiger partial charge on any atom is -0.494 e. The van der Waals surface area contributed by atoms with Gasteiger partial charge in [-0.1, -0.05) is 23.7 Å². The number of halogens is 1. The standard InChI is InChI=1S/C22H25ClN4O3S/c1-3-30-17-7-4-6-16(14-17)21(29)25-22(31)24-19-9-5-8-18(23)20(19)27-12-10-26(11-13-27)15(2)28/h4-9,14H,3,10-13H2,1-2H3,(H2,24,25,29,31). The summed E-state index contributed by atoms with van der Waals surface area (Å²) >= 11 is 11.9. The molecule has 1 saturated heterocycles. The van der Waals surface area contributed by atoms with Gasteiger partial charge in [-0.2, -0.15) is 0 Å². The number of rotatable bonds is 5. The number of thiocarbonyl (C=S) groups is 1. The van der Waals surface area contributed by atoms with Crippen molar-refractivity contribution in [3.05, 3.63) is 53.1 Å². The van der Waals surface area contributed by atoms with Gasteiger partial charge in [-0.3, -0.25) is 14.9 Å². The molecule has 0 aromatic heterocycles. The zero-order chi connectivity index (χ0) is 22.4. The van der Waals surface area contributed by atoms with Crippen molar-refractivity contribution < 1.29 is 14.3 Å². The molecule has 0 radical (unpaired) electrons. The minimum absolute atomic E-state index is 0.0643. The second-order valence-electron chi connectivity index (χ2n) is 7.00. The molecule has 2 amide bonds. The quantitative estimate of drug-likeness (QED) is 0.665. The Morgan fingerprint density at radius 1 is 1.13 bits per heavy atom. The van der Waals surface area contributed by atoms with Gasteiger partial charge in [0.05, 0.1) is 23.0 Å². The van der Waals surface area contributed by atoms with E-state index in [0.717, 1.165) is 5.69 Å². The van der Waals surface area contributed by atoms with E-state index in [-0.39, 0.29) is 16.9 Å². The van der Waals surface area contributed by atoms with Crippen molar-refractivity contribution in [1.82, 2.24) is 10.2 Å². The van der Waals surface area contributed by atoms with E-state index in [0.29, 0.717) is 54.8 Å². The first-order valence-electron chi connectivity index (χ1n) is 10.0. The fourth-order valence-electron chi connectivity index (χ4n) is 3.41. The summed E-state index contributed by atoms with van der Waals surface area (Å²) in [6.45, 7) is 6.53. The predicted molar refractivity (Wildman–Crippen MR) is 127 cm³/mol. The Bertz CT molecular complexity index is 977. The summed E-state index contributed by atoms with van der Waals surface area (Å²) in [5.74, 6) is 0.350. The molecule has 31 heavy (non-hydrogen) atoms. The number of hydrogen-bond acceptors (Lipinski definition) is 5. The van der Waals surface area contributed by atoms with Crippen LogP contribution in [0.3, 0.4) is 0 Å². The number of carbonyl (C=O) groups excluding carboxylic acids is 2. The summed E-state index contributed by atoms with van der Waals surface area (Å²) in [7, 11) is 0. The van der Waals surface area contributed by atoms with E-state index in [4.69, 9.17) is 28.6 Å². The number of para-hydroxylation sites is 1. The lowest BCUT2D eigenvalue weighted by molar-refractivity contribution is -0.129. The molecule has 0 saturated carbocycles. The number of nitrogens with zero attached hydrogens (tertiary/aromatic N) is 2. The molecule has 1 aliphatic heterocycles. The first-order chi connectivity index (χ1) is 14.9. The molecule has 9 heteroatoms. The first kappa shape index (κ1) is 22.8. The number of anilines is 2. The van der Waals surface area contributed by atoms with Gasteiger partial charge in [0.15, 0.2) is 5.11 Å². The average Bonchev–Trinajstić information content (AvgIpc) is 2.74. The summed E-state index contributed by atoms with van der Waals surface area (Å²) in [5, 5.41) is 6.52. The predicted octanol–water partition coefficient (Wildman–Crippen LogP) is 3.53. The number of piperazine rings is 1. The van der Waals surface area contributed by atoms with Crippen LogP contribution in [0.5, 0.6) is 5.75 Å². The van der Waals surface area contributed by atoms with Crippen LogP contribution in [0.4, 0.5) is 11.4 Å². The topological polar surface area (TPSA) is 73.9 Å². The van der Waals surface area contributed by atoms with Gasteiger partial charge in [0.2, 0.25) is 5.91 Å². The Morgan fingerprint density at radius 3 is 2.52 bits per heavy atom. The van der Waals surface area contributed by atoms with E-state index in [1.807, 2.05) is 24.0 Å². The fourth-order valence-corrected chi connectivity index (χ4v) is 3.90.